The lowest BCUT2D eigenvalue weighted by Gasteiger charge is -2.17. The van der Waals surface area contributed by atoms with Gasteiger partial charge in [-0.25, -0.2) is 4.98 Å². The highest BCUT2D eigenvalue weighted by molar-refractivity contribution is 5.93. The van der Waals surface area contributed by atoms with Crippen LogP contribution in [0.25, 0.3) is 0 Å². The van der Waals surface area contributed by atoms with E-state index in [9.17, 15) is 22.8 Å². The lowest BCUT2D eigenvalue weighted by Crippen LogP contribution is -2.40. The van der Waals surface area contributed by atoms with Gasteiger partial charge in [0, 0.05) is 12.1 Å². The predicted molar refractivity (Wildman–Crippen MR) is 72.0 cm³/mol. The second kappa shape index (κ2) is 6.84. The Hall–Kier alpha value is -2.32. The molecule has 0 bridgehead atoms. The summed E-state index contributed by atoms with van der Waals surface area (Å²) in [5, 5.41) is 11.6. The Bertz CT molecular complexity index is 592. The number of halogens is 3. The molecule has 2 rings (SSSR count). The molecule has 0 radical (unpaired) electrons. The fourth-order valence-electron chi connectivity index (χ4n) is 2.45. The standard InChI is InChI=1S/C14H15F3N2O4/c15-14(16,17)7-23-11-6-2-5-10(18-11)12(20)19-9-4-1-3-8(9)13(21)22/h2,5-6,8-9H,1,3-4,7H2,(H,19,20)(H,21,22)/t8-,9+/m1/s1. The Morgan fingerprint density at radius 2 is 2.09 bits per heavy atom. The molecule has 1 heterocycles. The van der Waals surface area contributed by atoms with Crippen molar-refractivity contribution in [1.29, 1.82) is 0 Å². The third-order valence-electron chi connectivity index (χ3n) is 3.49. The first-order valence-corrected chi connectivity index (χ1v) is 6.96. The van der Waals surface area contributed by atoms with E-state index in [0.717, 1.165) is 0 Å². The zero-order chi connectivity index (χ0) is 17.0. The van der Waals surface area contributed by atoms with Crippen LogP contribution in [-0.2, 0) is 4.79 Å². The summed E-state index contributed by atoms with van der Waals surface area (Å²) in [6.07, 6.45) is -2.81. The molecule has 1 aliphatic rings. The average Bonchev–Trinajstić information content (AvgIpc) is 2.93. The van der Waals surface area contributed by atoms with E-state index in [0.29, 0.717) is 19.3 Å². The van der Waals surface area contributed by atoms with Gasteiger partial charge in [0.25, 0.3) is 5.91 Å². The quantitative estimate of drug-likeness (QED) is 0.861. The van der Waals surface area contributed by atoms with Crippen molar-refractivity contribution in [2.24, 2.45) is 5.92 Å². The molecule has 0 unspecified atom stereocenters. The number of carbonyl (C=O) groups excluding carboxylic acids is 1. The number of alkyl halides is 3. The van der Waals surface area contributed by atoms with Gasteiger partial charge in [-0.1, -0.05) is 12.5 Å². The second-order valence-electron chi connectivity index (χ2n) is 5.22. The maximum atomic E-state index is 12.1. The van der Waals surface area contributed by atoms with Crippen molar-refractivity contribution >= 4 is 11.9 Å². The van der Waals surface area contributed by atoms with Crippen LogP contribution in [0, 0.1) is 5.92 Å². The van der Waals surface area contributed by atoms with E-state index in [4.69, 9.17) is 5.11 Å². The number of aliphatic carboxylic acids is 1. The van der Waals surface area contributed by atoms with Gasteiger partial charge >= 0.3 is 12.1 Å². The normalized spacial score (nSPS) is 21.0. The summed E-state index contributed by atoms with van der Waals surface area (Å²) in [5.41, 5.74) is -0.124. The summed E-state index contributed by atoms with van der Waals surface area (Å²) >= 11 is 0. The molecular weight excluding hydrogens is 317 g/mol. The number of aromatic nitrogens is 1. The highest BCUT2D eigenvalue weighted by Crippen LogP contribution is 2.26. The van der Waals surface area contributed by atoms with Gasteiger partial charge < -0.3 is 15.2 Å². The minimum absolute atomic E-state index is 0.124. The van der Waals surface area contributed by atoms with Crippen molar-refractivity contribution in [3.05, 3.63) is 23.9 Å². The number of rotatable bonds is 5. The van der Waals surface area contributed by atoms with Crippen molar-refractivity contribution in [3.8, 4) is 5.88 Å². The molecule has 1 fully saturated rings. The number of carboxylic acid groups (broad SMARTS) is 1. The van der Waals surface area contributed by atoms with E-state index >= 15 is 0 Å². The zero-order valence-corrected chi connectivity index (χ0v) is 12.0. The van der Waals surface area contributed by atoms with Crippen LogP contribution in [0.1, 0.15) is 29.8 Å². The smallest absolute Gasteiger partial charge is 0.422 e. The number of nitrogens with zero attached hydrogens (tertiary/aromatic N) is 1. The van der Waals surface area contributed by atoms with Gasteiger partial charge in [0.15, 0.2) is 6.61 Å². The van der Waals surface area contributed by atoms with Crippen molar-refractivity contribution in [2.45, 2.75) is 31.5 Å². The van der Waals surface area contributed by atoms with Gasteiger partial charge in [-0.2, -0.15) is 13.2 Å². The van der Waals surface area contributed by atoms with Gasteiger partial charge in [-0.15, -0.1) is 0 Å². The SMILES string of the molecule is O=C(N[C@H]1CCC[C@H]1C(=O)O)c1cccc(OCC(F)(F)F)n1. The van der Waals surface area contributed by atoms with Gasteiger partial charge in [0.2, 0.25) is 5.88 Å². The molecule has 23 heavy (non-hydrogen) atoms. The molecule has 0 aromatic carbocycles. The number of nitrogens with one attached hydrogen (secondary N) is 1. The molecule has 1 saturated carbocycles. The first kappa shape index (κ1) is 17.0. The molecule has 1 aliphatic carbocycles. The molecular formula is C14H15F3N2O4. The number of ether oxygens (including phenoxy) is 1. The third-order valence-corrected chi connectivity index (χ3v) is 3.49. The highest BCUT2D eigenvalue weighted by atomic mass is 19.4. The van der Waals surface area contributed by atoms with Crippen LogP contribution in [0.5, 0.6) is 5.88 Å². The molecule has 1 aromatic heterocycles. The fourth-order valence-corrected chi connectivity index (χ4v) is 2.45. The molecule has 0 saturated heterocycles. The zero-order valence-electron chi connectivity index (χ0n) is 12.0. The van der Waals surface area contributed by atoms with E-state index in [1.54, 1.807) is 0 Å². The number of amides is 1. The molecule has 1 aromatic rings. The topological polar surface area (TPSA) is 88.5 Å². The number of carboxylic acids is 1. The molecule has 1 amide bonds. The van der Waals surface area contributed by atoms with Crippen molar-refractivity contribution in [1.82, 2.24) is 10.3 Å². The first-order chi connectivity index (χ1) is 10.8. The predicted octanol–water partition coefficient (Wildman–Crippen LogP) is 2.01. The summed E-state index contributed by atoms with van der Waals surface area (Å²) in [5.74, 6) is -2.61. The fraction of sp³-hybridized carbons (Fsp3) is 0.500. The molecule has 9 heteroatoms. The molecule has 126 valence electrons. The minimum atomic E-state index is -4.50. The van der Waals surface area contributed by atoms with Crippen LogP contribution in [0.2, 0.25) is 0 Å². The van der Waals surface area contributed by atoms with E-state index in [1.807, 2.05) is 0 Å². The van der Waals surface area contributed by atoms with Crippen LogP contribution in [-0.4, -0.2) is 40.8 Å². The van der Waals surface area contributed by atoms with Crippen LogP contribution in [0.4, 0.5) is 13.2 Å². The number of hydrogen-bond acceptors (Lipinski definition) is 4. The van der Waals surface area contributed by atoms with Gasteiger partial charge in [0.05, 0.1) is 5.92 Å². The number of pyridine rings is 1. The largest absolute Gasteiger partial charge is 0.481 e. The van der Waals surface area contributed by atoms with Crippen molar-refractivity contribution in [2.75, 3.05) is 6.61 Å². The summed E-state index contributed by atoms with van der Waals surface area (Å²) in [7, 11) is 0. The Balaban J connectivity index is 2.01. The maximum absolute atomic E-state index is 12.1. The number of carbonyl (C=O) groups is 2. The molecule has 2 N–H and O–H groups in total. The van der Waals surface area contributed by atoms with Gasteiger partial charge in [-0.3, -0.25) is 9.59 Å². The van der Waals surface area contributed by atoms with E-state index < -0.39 is 36.6 Å². The van der Waals surface area contributed by atoms with E-state index in [2.05, 4.69) is 15.0 Å². The lowest BCUT2D eigenvalue weighted by molar-refractivity contribution is -0.154. The van der Waals surface area contributed by atoms with E-state index in [-0.39, 0.29) is 11.6 Å². The van der Waals surface area contributed by atoms with Crippen LogP contribution >= 0.6 is 0 Å². The number of hydrogen-bond donors (Lipinski definition) is 2. The summed E-state index contributed by atoms with van der Waals surface area (Å²) < 4.78 is 40.8. The Kier molecular flexibility index (Phi) is 5.07. The van der Waals surface area contributed by atoms with Gasteiger partial charge in [0.1, 0.15) is 5.69 Å². The highest BCUT2D eigenvalue weighted by Gasteiger charge is 2.34. The first-order valence-electron chi connectivity index (χ1n) is 6.96. The van der Waals surface area contributed by atoms with Crippen LogP contribution in [0.15, 0.2) is 18.2 Å². The molecule has 0 aliphatic heterocycles. The van der Waals surface area contributed by atoms with Crippen LogP contribution in [0.3, 0.4) is 0 Å². The summed E-state index contributed by atoms with van der Waals surface area (Å²) in [6.45, 7) is -1.51. The summed E-state index contributed by atoms with van der Waals surface area (Å²) in [6, 6.07) is 3.36. The Morgan fingerprint density at radius 3 is 2.74 bits per heavy atom. The van der Waals surface area contributed by atoms with E-state index in [1.165, 1.54) is 18.2 Å². The average molecular weight is 332 g/mol. The Labute approximate surface area is 129 Å². The molecule has 6 nitrogen and oxygen atoms in total. The van der Waals surface area contributed by atoms with Gasteiger partial charge in [-0.05, 0) is 18.9 Å². The third kappa shape index (κ3) is 4.83. The second-order valence-corrected chi connectivity index (χ2v) is 5.22. The van der Waals surface area contributed by atoms with Crippen molar-refractivity contribution < 1.29 is 32.6 Å². The summed E-state index contributed by atoms with van der Waals surface area (Å²) in [4.78, 5) is 26.9. The maximum Gasteiger partial charge on any atom is 0.422 e. The Morgan fingerprint density at radius 1 is 1.35 bits per heavy atom. The van der Waals surface area contributed by atoms with Crippen molar-refractivity contribution in [3.63, 3.8) is 0 Å². The monoisotopic (exact) mass is 332 g/mol. The minimum Gasteiger partial charge on any atom is -0.481 e. The lowest BCUT2D eigenvalue weighted by atomic mass is 10.0. The van der Waals surface area contributed by atoms with Crippen LogP contribution < -0.4 is 10.1 Å². The molecule has 2 atom stereocenters. The molecule has 0 spiro atoms.